The Bertz CT molecular complexity index is 686. The number of benzene rings is 1. The Morgan fingerprint density at radius 1 is 1.17 bits per heavy atom. The summed E-state index contributed by atoms with van der Waals surface area (Å²) in [5.41, 5.74) is 9.20. The van der Waals surface area contributed by atoms with Crippen molar-refractivity contribution in [3.63, 3.8) is 0 Å². The summed E-state index contributed by atoms with van der Waals surface area (Å²) >= 11 is 0. The van der Waals surface area contributed by atoms with E-state index < -0.39 is 0 Å². The Morgan fingerprint density at radius 2 is 1.94 bits per heavy atom. The second kappa shape index (κ2) is 4.14. The summed E-state index contributed by atoms with van der Waals surface area (Å²) in [5, 5.41) is 0. The predicted octanol–water partition coefficient (Wildman–Crippen LogP) is 2.65. The molecule has 1 aromatic carbocycles. The third-order valence-corrected chi connectivity index (χ3v) is 2.83. The first-order chi connectivity index (χ1) is 8.70. The second-order valence-electron chi connectivity index (χ2n) is 4.26. The monoisotopic (exact) mass is 241 g/mol. The molecule has 3 rings (SSSR count). The predicted molar refractivity (Wildman–Crippen MR) is 68.8 cm³/mol. The number of aromatic nitrogens is 2. The number of nitrogens with two attached hydrogens (primary N) is 1. The van der Waals surface area contributed by atoms with E-state index in [1.807, 2.05) is 28.9 Å². The van der Waals surface area contributed by atoms with Crippen molar-refractivity contribution in [3.05, 3.63) is 65.9 Å². The van der Waals surface area contributed by atoms with E-state index in [9.17, 15) is 4.39 Å². The minimum absolute atomic E-state index is 0.221. The number of halogens is 1. The van der Waals surface area contributed by atoms with Crippen molar-refractivity contribution in [3.8, 4) is 0 Å². The number of hydrogen-bond acceptors (Lipinski definition) is 2. The fourth-order valence-electron chi connectivity index (χ4n) is 1.95. The molecule has 2 heterocycles. The third-order valence-electron chi connectivity index (χ3n) is 2.83. The van der Waals surface area contributed by atoms with Crippen LogP contribution < -0.4 is 5.73 Å². The summed E-state index contributed by atoms with van der Waals surface area (Å²) < 4.78 is 14.7. The molecule has 0 saturated carbocycles. The SMILES string of the molecule is Nc1ccn2cc(Cc3ccc(F)cc3)nc2c1. The van der Waals surface area contributed by atoms with Crippen LogP contribution in [0.25, 0.3) is 5.65 Å². The number of rotatable bonds is 2. The summed E-state index contributed by atoms with van der Waals surface area (Å²) in [6.07, 6.45) is 4.52. The lowest BCUT2D eigenvalue weighted by Crippen LogP contribution is -1.88. The van der Waals surface area contributed by atoms with Crippen LogP contribution in [0, 0.1) is 5.82 Å². The first kappa shape index (κ1) is 10.8. The minimum atomic E-state index is -0.221. The van der Waals surface area contributed by atoms with Crippen LogP contribution in [-0.2, 0) is 6.42 Å². The average molecular weight is 241 g/mol. The van der Waals surface area contributed by atoms with Crippen LogP contribution >= 0.6 is 0 Å². The lowest BCUT2D eigenvalue weighted by molar-refractivity contribution is 0.627. The van der Waals surface area contributed by atoms with Crippen LogP contribution in [0.1, 0.15) is 11.3 Å². The Labute approximate surface area is 104 Å². The van der Waals surface area contributed by atoms with Gasteiger partial charge in [0.05, 0.1) is 5.69 Å². The van der Waals surface area contributed by atoms with Gasteiger partial charge in [-0.3, -0.25) is 0 Å². The van der Waals surface area contributed by atoms with Crippen LogP contribution in [0.3, 0.4) is 0 Å². The van der Waals surface area contributed by atoms with Crippen molar-refractivity contribution < 1.29 is 4.39 Å². The van der Waals surface area contributed by atoms with Gasteiger partial charge < -0.3 is 10.1 Å². The standard InChI is InChI=1S/C14H12FN3/c15-11-3-1-10(2-4-11)7-13-9-18-6-5-12(16)8-14(18)17-13/h1-6,8-9H,7,16H2. The largest absolute Gasteiger partial charge is 0.399 e. The van der Waals surface area contributed by atoms with Gasteiger partial charge in [-0.2, -0.15) is 0 Å². The van der Waals surface area contributed by atoms with Crippen molar-refractivity contribution in [2.24, 2.45) is 0 Å². The quantitative estimate of drug-likeness (QED) is 0.749. The lowest BCUT2D eigenvalue weighted by atomic mass is 10.1. The zero-order valence-corrected chi connectivity index (χ0v) is 9.68. The maximum atomic E-state index is 12.8. The maximum absolute atomic E-state index is 12.8. The van der Waals surface area contributed by atoms with Crippen LogP contribution in [0.15, 0.2) is 48.8 Å². The molecule has 0 atom stereocenters. The molecule has 2 aromatic heterocycles. The number of nitrogen functional groups attached to an aromatic ring is 1. The first-order valence-electron chi connectivity index (χ1n) is 5.68. The van der Waals surface area contributed by atoms with E-state index >= 15 is 0 Å². The van der Waals surface area contributed by atoms with Gasteiger partial charge in [0.25, 0.3) is 0 Å². The summed E-state index contributed by atoms with van der Waals surface area (Å²) in [7, 11) is 0. The van der Waals surface area contributed by atoms with Crippen molar-refractivity contribution in [1.82, 2.24) is 9.38 Å². The topological polar surface area (TPSA) is 43.3 Å². The summed E-state index contributed by atoms with van der Waals surface area (Å²) in [6.45, 7) is 0. The third kappa shape index (κ3) is 2.05. The average Bonchev–Trinajstić information content (AvgIpc) is 2.73. The van der Waals surface area contributed by atoms with E-state index in [4.69, 9.17) is 5.73 Å². The zero-order valence-electron chi connectivity index (χ0n) is 9.68. The Balaban J connectivity index is 1.92. The van der Waals surface area contributed by atoms with Gasteiger partial charge in [-0.05, 0) is 23.8 Å². The molecule has 4 heteroatoms. The van der Waals surface area contributed by atoms with Crippen molar-refractivity contribution in [2.75, 3.05) is 5.73 Å². The van der Waals surface area contributed by atoms with Crippen LogP contribution in [0.5, 0.6) is 0 Å². The number of anilines is 1. The Hall–Kier alpha value is -2.36. The molecular weight excluding hydrogens is 229 g/mol. The lowest BCUT2D eigenvalue weighted by Gasteiger charge is -1.96. The molecule has 0 amide bonds. The summed E-state index contributed by atoms with van der Waals surface area (Å²) in [5.74, 6) is -0.221. The normalized spacial score (nSPS) is 10.9. The molecule has 0 unspecified atom stereocenters. The highest BCUT2D eigenvalue weighted by Gasteiger charge is 2.03. The van der Waals surface area contributed by atoms with E-state index in [2.05, 4.69) is 4.98 Å². The number of hydrogen-bond donors (Lipinski definition) is 1. The molecule has 0 bridgehead atoms. The van der Waals surface area contributed by atoms with Crippen LogP contribution in [-0.4, -0.2) is 9.38 Å². The second-order valence-corrected chi connectivity index (χ2v) is 4.26. The van der Waals surface area contributed by atoms with Gasteiger partial charge in [0.1, 0.15) is 11.5 Å². The Morgan fingerprint density at radius 3 is 2.72 bits per heavy atom. The molecule has 0 fully saturated rings. The molecule has 90 valence electrons. The molecule has 3 aromatic rings. The minimum Gasteiger partial charge on any atom is -0.399 e. The molecule has 0 aliphatic carbocycles. The molecule has 0 radical (unpaired) electrons. The van der Waals surface area contributed by atoms with E-state index in [0.29, 0.717) is 12.1 Å². The van der Waals surface area contributed by atoms with Gasteiger partial charge in [-0.25, -0.2) is 9.37 Å². The first-order valence-corrected chi connectivity index (χ1v) is 5.68. The van der Waals surface area contributed by atoms with Crippen LogP contribution in [0.2, 0.25) is 0 Å². The highest BCUT2D eigenvalue weighted by atomic mass is 19.1. The zero-order chi connectivity index (χ0) is 12.5. The van der Waals surface area contributed by atoms with Crippen molar-refractivity contribution in [1.29, 1.82) is 0 Å². The van der Waals surface area contributed by atoms with Gasteiger partial charge >= 0.3 is 0 Å². The summed E-state index contributed by atoms with van der Waals surface area (Å²) in [6, 6.07) is 10.1. The smallest absolute Gasteiger partial charge is 0.139 e. The molecule has 18 heavy (non-hydrogen) atoms. The molecule has 2 N–H and O–H groups in total. The van der Waals surface area contributed by atoms with E-state index in [-0.39, 0.29) is 5.82 Å². The highest BCUT2D eigenvalue weighted by molar-refractivity contribution is 5.52. The van der Waals surface area contributed by atoms with E-state index in [1.165, 1.54) is 12.1 Å². The molecule has 0 aliphatic rings. The maximum Gasteiger partial charge on any atom is 0.139 e. The molecule has 0 saturated heterocycles. The van der Waals surface area contributed by atoms with Gasteiger partial charge in [-0.15, -0.1) is 0 Å². The number of nitrogens with zero attached hydrogens (tertiary/aromatic N) is 2. The fraction of sp³-hybridized carbons (Fsp3) is 0.0714. The summed E-state index contributed by atoms with van der Waals surface area (Å²) in [4.78, 5) is 4.48. The van der Waals surface area contributed by atoms with Gasteiger partial charge in [0, 0.05) is 30.6 Å². The van der Waals surface area contributed by atoms with Gasteiger partial charge in [-0.1, -0.05) is 12.1 Å². The number of imidazole rings is 1. The van der Waals surface area contributed by atoms with Gasteiger partial charge in [0.2, 0.25) is 0 Å². The number of fused-ring (bicyclic) bond motifs is 1. The molecule has 0 aliphatic heterocycles. The molecule has 0 spiro atoms. The Kier molecular flexibility index (Phi) is 2.48. The van der Waals surface area contributed by atoms with E-state index in [0.717, 1.165) is 16.9 Å². The van der Waals surface area contributed by atoms with Crippen molar-refractivity contribution in [2.45, 2.75) is 6.42 Å². The molecule has 3 nitrogen and oxygen atoms in total. The molecular formula is C14H12FN3. The highest BCUT2D eigenvalue weighted by Crippen LogP contribution is 2.13. The van der Waals surface area contributed by atoms with Crippen molar-refractivity contribution >= 4 is 11.3 Å². The fourth-order valence-corrected chi connectivity index (χ4v) is 1.95. The van der Waals surface area contributed by atoms with Gasteiger partial charge in [0.15, 0.2) is 0 Å². The van der Waals surface area contributed by atoms with E-state index in [1.54, 1.807) is 12.1 Å². The van der Waals surface area contributed by atoms with Crippen LogP contribution in [0.4, 0.5) is 10.1 Å². The number of pyridine rings is 1.